The highest BCUT2D eigenvalue weighted by molar-refractivity contribution is 5.58. The Hall–Kier alpha value is -2.01. The zero-order valence-corrected chi connectivity index (χ0v) is 8.59. The normalized spacial score (nSPS) is 10.3. The van der Waals surface area contributed by atoms with Gasteiger partial charge in [0.1, 0.15) is 12.4 Å². The molecule has 3 N–H and O–H groups in total. The quantitative estimate of drug-likeness (QED) is 0.813. The van der Waals surface area contributed by atoms with Gasteiger partial charge in [-0.05, 0) is 29.4 Å². The maximum atomic E-state index is 9.14. The SMILES string of the molecule is NCCOc1cc(-c2ccc(O)cc2)on1. The molecule has 0 unspecified atom stereocenters. The summed E-state index contributed by atoms with van der Waals surface area (Å²) in [7, 11) is 0. The maximum Gasteiger partial charge on any atom is 0.254 e. The van der Waals surface area contributed by atoms with Gasteiger partial charge >= 0.3 is 0 Å². The average molecular weight is 220 g/mol. The van der Waals surface area contributed by atoms with Gasteiger partial charge in [0, 0.05) is 18.2 Å². The van der Waals surface area contributed by atoms with Crippen LogP contribution in [0.3, 0.4) is 0 Å². The molecule has 0 saturated carbocycles. The van der Waals surface area contributed by atoms with Crippen LogP contribution in [0.15, 0.2) is 34.9 Å². The molecule has 2 rings (SSSR count). The van der Waals surface area contributed by atoms with Crippen LogP contribution in [0.1, 0.15) is 0 Å². The maximum absolute atomic E-state index is 9.14. The van der Waals surface area contributed by atoms with Crippen LogP contribution in [0.4, 0.5) is 0 Å². The first-order valence-corrected chi connectivity index (χ1v) is 4.88. The largest absolute Gasteiger partial charge is 0.508 e. The molecule has 0 amide bonds. The summed E-state index contributed by atoms with van der Waals surface area (Å²) in [4.78, 5) is 0. The number of benzene rings is 1. The lowest BCUT2D eigenvalue weighted by Gasteiger charge is -1.96. The van der Waals surface area contributed by atoms with Crippen molar-refractivity contribution in [1.29, 1.82) is 0 Å². The molecule has 5 nitrogen and oxygen atoms in total. The highest BCUT2D eigenvalue weighted by atomic mass is 16.5. The van der Waals surface area contributed by atoms with Crippen LogP contribution in [-0.4, -0.2) is 23.4 Å². The molecule has 1 heterocycles. The molecule has 0 atom stereocenters. The van der Waals surface area contributed by atoms with Gasteiger partial charge in [0.2, 0.25) is 0 Å². The first-order valence-electron chi connectivity index (χ1n) is 4.88. The van der Waals surface area contributed by atoms with Gasteiger partial charge in [-0.3, -0.25) is 0 Å². The summed E-state index contributed by atoms with van der Waals surface area (Å²) in [5.41, 5.74) is 6.13. The summed E-state index contributed by atoms with van der Waals surface area (Å²) in [6.45, 7) is 0.836. The molecule has 1 aromatic heterocycles. The van der Waals surface area contributed by atoms with Crippen molar-refractivity contribution in [3.05, 3.63) is 30.3 Å². The summed E-state index contributed by atoms with van der Waals surface area (Å²) in [5.74, 6) is 1.21. The Morgan fingerprint density at radius 2 is 2.06 bits per heavy atom. The standard InChI is InChI=1S/C11H12N2O3/c12-5-6-15-11-7-10(16-13-11)8-1-3-9(14)4-2-8/h1-4,7,14H,5-6,12H2. The van der Waals surface area contributed by atoms with Crippen LogP contribution in [0, 0.1) is 0 Å². The number of aromatic nitrogens is 1. The molecule has 0 bridgehead atoms. The van der Waals surface area contributed by atoms with Crippen molar-refractivity contribution < 1.29 is 14.4 Å². The van der Waals surface area contributed by atoms with E-state index in [-0.39, 0.29) is 5.75 Å². The van der Waals surface area contributed by atoms with Crippen molar-refractivity contribution in [2.24, 2.45) is 5.73 Å². The van der Waals surface area contributed by atoms with Crippen LogP contribution in [0.2, 0.25) is 0 Å². The molecule has 0 aliphatic carbocycles. The molecule has 84 valence electrons. The van der Waals surface area contributed by atoms with Crippen molar-refractivity contribution in [3.63, 3.8) is 0 Å². The van der Waals surface area contributed by atoms with Gasteiger partial charge < -0.3 is 20.1 Å². The monoisotopic (exact) mass is 220 g/mol. The molecule has 0 aliphatic rings. The molecule has 0 saturated heterocycles. The van der Waals surface area contributed by atoms with Gasteiger partial charge in [-0.25, -0.2) is 0 Å². The molecular weight excluding hydrogens is 208 g/mol. The lowest BCUT2D eigenvalue weighted by atomic mass is 10.2. The minimum absolute atomic E-state index is 0.211. The van der Waals surface area contributed by atoms with Gasteiger partial charge in [-0.1, -0.05) is 0 Å². The fraction of sp³-hybridized carbons (Fsp3) is 0.182. The summed E-state index contributed by atoms with van der Waals surface area (Å²) in [6, 6.07) is 8.32. The van der Waals surface area contributed by atoms with E-state index in [0.29, 0.717) is 24.8 Å². The third kappa shape index (κ3) is 2.32. The molecule has 0 fully saturated rings. The average Bonchev–Trinajstić information content (AvgIpc) is 2.76. The molecule has 0 radical (unpaired) electrons. The van der Waals surface area contributed by atoms with E-state index in [2.05, 4.69) is 5.16 Å². The van der Waals surface area contributed by atoms with Crippen LogP contribution < -0.4 is 10.5 Å². The number of ether oxygens (including phenoxy) is 1. The minimum atomic E-state index is 0.211. The molecule has 5 heteroatoms. The van der Waals surface area contributed by atoms with Gasteiger partial charge in [-0.15, -0.1) is 0 Å². The predicted molar refractivity (Wildman–Crippen MR) is 58.2 cm³/mol. The van der Waals surface area contributed by atoms with Crippen molar-refractivity contribution >= 4 is 0 Å². The molecule has 16 heavy (non-hydrogen) atoms. The van der Waals surface area contributed by atoms with E-state index in [0.717, 1.165) is 5.56 Å². The third-order valence-corrected chi connectivity index (χ3v) is 2.01. The van der Waals surface area contributed by atoms with Gasteiger partial charge in [0.05, 0.1) is 0 Å². The first-order chi connectivity index (χ1) is 7.79. The zero-order chi connectivity index (χ0) is 11.4. The fourth-order valence-electron chi connectivity index (χ4n) is 1.25. The molecular formula is C11H12N2O3. The number of rotatable bonds is 4. The second-order valence-corrected chi connectivity index (χ2v) is 3.21. The highest BCUT2D eigenvalue weighted by Crippen LogP contribution is 2.24. The van der Waals surface area contributed by atoms with E-state index in [1.54, 1.807) is 30.3 Å². The van der Waals surface area contributed by atoms with Crippen LogP contribution in [-0.2, 0) is 0 Å². The fourth-order valence-corrected chi connectivity index (χ4v) is 1.25. The smallest absolute Gasteiger partial charge is 0.254 e. The molecule has 1 aromatic carbocycles. The topological polar surface area (TPSA) is 81.5 Å². The van der Waals surface area contributed by atoms with E-state index >= 15 is 0 Å². The summed E-state index contributed by atoms with van der Waals surface area (Å²) in [6.07, 6.45) is 0. The van der Waals surface area contributed by atoms with E-state index < -0.39 is 0 Å². The second-order valence-electron chi connectivity index (χ2n) is 3.21. The summed E-state index contributed by atoms with van der Waals surface area (Å²) in [5, 5.41) is 12.9. The molecule has 2 aromatic rings. The number of phenols is 1. The van der Waals surface area contributed by atoms with Crippen molar-refractivity contribution in [2.45, 2.75) is 0 Å². The lowest BCUT2D eigenvalue weighted by molar-refractivity contribution is 0.288. The number of phenolic OH excluding ortho intramolecular Hbond substituents is 1. The Morgan fingerprint density at radius 3 is 2.75 bits per heavy atom. The zero-order valence-electron chi connectivity index (χ0n) is 8.59. The number of hydrogen-bond donors (Lipinski definition) is 2. The van der Waals surface area contributed by atoms with Crippen molar-refractivity contribution in [2.75, 3.05) is 13.2 Å². The summed E-state index contributed by atoms with van der Waals surface area (Å²) < 4.78 is 10.3. The predicted octanol–water partition coefficient (Wildman–Crippen LogP) is 1.38. The van der Waals surface area contributed by atoms with E-state index in [1.807, 2.05) is 0 Å². The van der Waals surface area contributed by atoms with E-state index in [9.17, 15) is 0 Å². The Labute approximate surface area is 92.4 Å². The Kier molecular flexibility index (Phi) is 3.07. The van der Waals surface area contributed by atoms with Gasteiger partial charge in [0.15, 0.2) is 5.76 Å². The van der Waals surface area contributed by atoms with Gasteiger partial charge in [-0.2, -0.15) is 0 Å². The Bertz CT molecular complexity index is 451. The number of nitrogens with zero attached hydrogens (tertiary/aromatic N) is 1. The van der Waals surface area contributed by atoms with Gasteiger partial charge in [0.25, 0.3) is 5.88 Å². The van der Waals surface area contributed by atoms with Crippen LogP contribution >= 0.6 is 0 Å². The van der Waals surface area contributed by atoms with E-state index in [1.165, 1.54) is 0 Å². The lowest BCUT2D eigenvalue weighted by Crippen LogP contribution is -2.10. The number of aromatic hydroxyl groups is 1. The van der Waals surface area contributed by atoms with Crippen molar-refractivity contribution in [1.82, 2.24) is 5.16 Å². The van der Waals surface area contributed by atoms with Crippen LogP contribution in [0.5, 0.6) is 11.6 Å². The minimum Gasteiger partial charge on any atom is -0.508 e. The first kappa shape index (κ1) is 10.5. The van der Waals surface area contributed by atoms with Crippen molar-refractivity contribution in [3.8, 4) is 23.0 Å². The Morgan fingerprint density at radius 1 is 1.31 bits per heavy atom. The second kappa shape index (κ2) is 4.67. The highest BCUT2D eigenvalue weighted by Gasteiger charge is 2.06. The van der Waals surface area contributed by atoms with Crippen LogP contribution in [0.25, 0.3) is 11.3 Å². The number of nitrogens with two attached hydrogens (primary N) is 1. The molecule has 0 aliphatic heterocycles. The summed E-state index contributed by atoms with van der Waals surface area (Å²) >= 11 is 0. The van der Waals surface area contributed by atoms with E-state index in [4.69, 9.17) is 20.1 Å². The molecule has 0 spiro atoms. The third-order valence-electron chi connectivity index (χ3n) is 2.01. The number of hydrogen-bond acceptors (Lipinski definition) is 5. The Balaban J connectivity index is 2.15.